The van der Waals surface area contributed by atoms with E-state index in [1.807, 2.05) is 0 Å². The van der Waals surface area contributed by atoms with Crippen molar-refractivity contribution in [1.82, 2.24) is 0 Å². The van der Waals surface area contributed by atoms with E-state index < -0.39 is 6.10 Å². The minimum atomic E-state index is -0.814. The highest BCUT2D eigenvalue weighted by atomic mass is 35.5. The molecule has 0 spiro atoms. The van der Waals surface area contributed by atoms with Crippen LogP contribution >= 0.6 is 11.6 Å². The van der Waals surface area contributed by atoms with E-state index in [9.17, 15) is 5.11 Å². The van der Waals surface area contributed by atoms with Gasteiger partial charge in [0.05, 0.1) is 12.5 Å². The van der Waals surface area contributed by atoms with Gasteiger partial charge in [-0.3, -0.25) is 0 Å². The van der Waals surface area contributed by atoms with E-state index in [0.717, 1.165) is 0 Å². The molecular weight excluding hydrogens is 192 g/mol. The van der Waals surface area contributed by atoms with Crippen molar-refractivity contribution in [1.29, 1.82) is 0 Å². The lowest BCUT2D eigenvalue weighted by Crippen LogP contribution is -1.94. The van der Waals surface area contributed by atoms with Gasteiger partial charge in [-0.15, -0.1) is 0 Å². The number of hydrogen-bond donors (Lipinski definition) is 1. The van der Waals surface area contributed by atoms with Crippen molar-refractivity contribution in [3.63, 3.8) is 0 Å². The number of halogens is 1. The summed E-state index contributed by atoms with van der Waals surface area (Å²) in [5, 5.41) is 9.94. The zero-order valence-corrected chi connectivity index (χ0v) is 7.36. The summed E-state index contributed by atoms with van der Waals surface area (Å²) in [6.07, 6.45) is 2.13. The molecule has 4 heteroatoms. The van der Waals surface area contributed by atoms with Gasteiger partial charge in [-0.25, -0.2) is 0 Å². The second-order valence-electron chi connectivity index (χ2n) is 2.60. The third kappa shape index (κ3) is 1.61. The smallest absolute Gasteiger partial charge is 0.193 e. The Morgan fingerprint density at radius 3 is 2.69 bits per heavy atom. The Morgan fingerprint density at radius 2 is 2.15 bits per heavy atom. The van der Waals surface area contributed by atoms with Crippen molar-refractivity contribution < 1.29 is 13.9 Å². The molecule has 0 aliphatic rings. The molecule has 0 radical (unpaired) electrons. The van der Waals surface area contributed by atoms with Crippen LogP contribution in [0.15, 0.2) is 39.6 Å². The van der Waals surface area contributed by atoms with Gasteiger partial charge in [0.1, 0.15) is 11.9 Å². The molecule has 1 atom stereocenters. The van der Waals surface area contributed by atoms with E-state index in [2.05, 4.69) is 0 Å². The largest absolute Gasteiger partial charge is 0.472 e. The molecule has 13 heavy (non-hydrogen) atoms. The molecule has 2 rings (SSSR count). The summed E-state index contributed by atoms with van der Waals surface area (Å²) in [5.41, 5.74) is 0.644. The van der Waals surface area contributed by atoms with Gasteiger partial charge in [0, 0.05) is 5.56 Å². The number of hydrogen-bond acceptors (Lipinski definition) is 3. The van der Waals surface area contributed by atoms with Crippen molar-refractivity contribution in [3.05, 3.63) is 47.3 Å². The zero-order valence-electron chi connectivity index (χ0n) is 6.61. The number of aliphatic hydroxyl groups excluding tert-OH is 1. The van der Waals surface area contributed by atoms with E-state index >= 15 is 0 Å². The fourth-order valence-electron chi connectivity index (χ4n) is 1.07. The van der Waals surface area contributed by atoms with Gasteiger partial charge >= 0.3 is 0 Å². The summed E-state index contributed by atoms with van der Waals surface area (Å²) in [5.74, 6) is 0.409. The molecule has 68 valence electrons. The molecule has 0 saturated carbocycles. The van der Waals surface area contributed by atoms with Crippen molar-refractivity contribution in [2.75, 3.05) is 0 Å². The predicted molar refractivity (Wildman–Crippen MR) is 46.5 cm³/mol. The quantitative estimate of drug-likeness (QED) is 0.807. The molecule has 2 aromatic heterocycles. The van der Waals surface area contributed by atoms with Gasteiger partial charge < -0.3 is 13.9 Å². The molecule has 1 N–H and O–H groups in total. The number of aliphatic hydroxyl groups is 1. The summed E-state index contributed by atoms with van der Waals surface area (Å²) in [6.45, 7) is 0. The molecule has 3 nitrogen and oxygen atoms in total. The minimum absolute atomic E-state index is 0.262. The van der Waals surface area contributed by atoms with E-state index in [-0.39, 0.29) is 5.22 Å². The van der Waals surface area contributed by atoms with Crippen LogP contribution in [-0.2, 0) is 0 Å². The molecule has 0 bridgehead atoms. The first-order valence-corrected chi connectivity index (χ1v) is 4.10. The first-order chi connectivity index (χ1) is 6.27. The predicted octanol–water partition coefficient (Wildman–Crippen LogP) is 2.61. The van der Waals surface area contributed by atoms with Crippen LogP contribution in [0.3, 0.4) is 0 Å². The Bertz CT molecular complexity index is 377. The Balaban J connectivity index is 2.28. The van der Waals surface area contributed by atoms with Crippen LogP contribution in [0.4, 0.5) is 0 Å². The highest BCUT2D eigenvalue weighted by Crippen LogP contribution is 2.25. The molecule has 1 unspecified atom stereocenters. The van der Waals surface area contributed by atoms with Crippen LogP contribution < -0.4 is 0 Å². The van der Waals surface area contributed by atoms with Gasteiger partial charge in [0.25, 0.3) is 0 Å². The molecule has 0 aromatic carbocycles. The Labute approximate surface area is 79.5 Å². The van der Waals surface area contributed by atoms with Crippen LogP contribution in [0.5, 0.6) is 0 Å². The third-order valence-corrected chi connectivity index (χ3v) is 1.93. The molecule has 0 fully saturated rings. The normalized spacial score (nSPS) is 13.1. The molecule has 2 aromatic rings. The van der Waals surface area contributed by atoms with Crippen LogP contribution in [0, 0.1) is 0 Å². The Hall–Kier alpha value is -1.19. The highest BCUT2D eigenvalue weighted by Gasteiger charge is 2.14. The Kier molecular flexibility index (Phi) is 2.12. The summed E-state index contributed by atoms with van der Waals surface area (Å²) in [7, 11) is 0. The maximum atomic E-state index is 9.68. The lowest BCUT2D eigenvalue weighted by atomic mass is 10.1. The van der Waals surface area contributed by atoms with Gasteiger partial charge in [-0.1, -0.05) is 0 Å². The van der Waals surface area contributed by atoms with E-state index in [1.165, 1.54) is 12.5 Å². The minimum Gasteiger partial charge on any atom is -0.472 e. The second kappa shape index (κ2) is 3.28. The summed E-state index contributed by atoms with van der Waals surface area (Å²) < 4.78 is 9.87. The summed E-state index contributed by atoms with van der Waals surface area (Å²) in [4.78, 5) is 0. The number of rotatable bonds is 2. The second-order valence-corrected chi connectivity index (χ2v) is 2.97. The molecule has 0 saturated heterocycles. The van der Waals surface area contributed by atoms with Gasteiger partial charge in [0.15, 0.2) is 5.22 Å². The Morgan fingerprint density at radius 1 is 1.31 bits per heavy atom. The molecule has 0 aliphatic carbocycles. The molecule has 0 amide bonds. The van der Waals surface area contributed by atoms with Crippen molar-refractivity contribution in [3.8, 4) is 0 Å². The standard InChI is InChI=1S/C9H7ClO3/c10-8-2-1-7(13-8)9(11)6-3-4-12-5-6/h1-5,9,11H. The van der Waals surface area contributed by atoms with Crippen LogP contribution in [0.2, 0.25) is 5.22 Å². The fourth-order valence-corrected chi connectivity index (χ4v) is 1.22. The van der Waals surface area contributed by atoms with Crippen LogP contribution in [0.1, 0.15) is 17.4 Å². The van der Waals surface area contributed by atoms with E-state index in [4.69, 9.17) is 20.4 Å². The first-order valence-electron chi connectivity index (χ1n) is 3.73. The SMILES string of the molecule is OC(c1ccoc1)c1ccc(Cl)o1. The highest BCUT2D eigenvalue weighted by molar-refractivity contribution is 6.28. The van der Waals surface area contributed by atoms with Crippen molar-refractivity contribution in [2.24, 2.45) is 0 Å². The lowest BCUT2D eigenvalue weighted by molar-refractivity contribution is 0.188. The van der Waals surface area contributed by atoms with Crippen molar-refractivity contribution in [2.45, 2.75) is 6.10 Å². The molecule has 0 aliphatic heterocycles. The van der Waals surface area contributed by atoms with E-state index in [0.29, 0.717) is 11.3 Å². The van der Waals surface area contributed by atoms with Gasteiger partial charge in [-0.05, 0) is 29.8 Å². The van der Waals surface area contributed by atoms with Crippen molar-refractivity contribution >= 4 is 11.6 Å². The monoisotopic (exact) mass is 198 g/mol. The maximum Gasteiger partial charge on any atom is 0.193 e. The maximum absolute atomic E-state index is 9.68. The fraction of sp³-hybridized carbons (Fsp3) is 0.111. The van der Waals surface area contributed by atoms with E-state index in [1.54, 1.807) is 18.2 Å². The van der Waals surface area contributed by atoms with Crippen LogP contribution in [0.25, 0.3) is 0 Å². The molecule has 2 heterocycles. The summed E-state index contributed by atoms with van der Waals surface area (Å²) in [6, 6.07) is 4.88. The lowest BCUT2D eigenvalue weighted by Gasteiger charge is -2.02. The van der Waals surface area contributed by atoms with Gasteiger partial charge in [0.2, 0.25) is 0 Å². The molecular formula is C9H7ClO3. The first kappa shape index (κ1) is 8.41. The zero-order chi connectivity index (χ0) is 9.26. The van der Waals surface area contributed by atoms with Gasteiger partial charge in [-0.2, -0.15) is 0 Å². The average molecular weight is 199 g/mol. The third-order valence-electron chi connectivity index (χ3n) is 1.72. The summed E-state index contributed by atoms with van der Waals surface area (Å²) >= 11 is 5.56. The average Bonchev–Trinajstić information content (AvgIpc) is 2.72. The number of furan rings is 2. The van der Waals surface area contributed by atoms with Crippen LogP contribution in [-0.4, -0.2) is 5.11 Å². The topological polar surface area (TPSA) is 46.5 Å².